The van der Waals surface area contributed by atoms with Crippen LogP contribution in [0.2, 0.25) is 10.0 Å². The van der Waals surface area contributed by atoms with Crippen LogP contribution in [0.5, 0.6) is 0 Å². The maximum Gasteiger partial charge on any atom is 0.333 e. The Labute approximate surface area is 136 Å². The van der Waals surface area contributed by atoms with Crippen LogP contribution < -0.4 is 10.2 Å². The van der Waals surface area contributed by atoms with Gasteiger partial charge in [0.2, 0.25) is 0 Å². The maximum atomic E-state index is 12.4. The van der Waals surface area contributed by atoms with E-state index in [2.05, 4.69) is 5.32 Å². The summed E-state index contributed by atoms with van der Waals surface area (Å²) in [6, 6.07) is 13.1. The van der Waals surface area contributed by atoms with Gasteiger partial charge >= 0.3 is 6.03 Å². The second-order valence-corrected chi connectivity index (χ2v) is 5.47. The summed E-state index contributed by atoms with van der Waals surface area (Å²) in [5.41, 5.74) is 1.28. The molecule has 2 aromatic rings. The highest BCUT2D eigenvalue weighted by Gasteiger charge is 2.34. The van der Waals surface area contributed by atoms with Crippen LogP contribution in [-0.2, 0) is 4.79 Å². The average Bonchev–Trinajstić information content (AvgIpc) is 2.77. The van der Waals surface area contributed by atoms with Gasteiger partial charge in [0.1, 0.15) is 5.70 Å². The average molecular weight is 333 g/mol. The van der Waals surface area contributed by atoms with E-state index in [0.717, 1.165) is 4.90 Å². The molecule has 1 saturated heterocycles. The summed E-state index contributed by atoms with van der Waals surface area (Å²) in [7, 11) is 0. The van der Waals surface area contributed by atoms with Crippen LogP contribution in [0.15, 0.2) is 54.2 Å². The number of carbonyl (C=O) groups excluding carboxylic acids is 2. The van der Waals surface area contributed by atoms with Crippen LogP contribution in [-0.4, -0.2) is 11.9 Å². The van der Waals surface area contributed by atoms with Crippen LogP contribution in [0.25, 0.3) is 6.08 Å². The molecule has 1 aliphatic heterocycles. The van der Waals surface area contributed by atoms with E-state index in [1.165, 1.54) is 6.08 Å². The van der Waals surface area contributed by atoms with E-state index in [1.54, 1.807) is 42.5 Å². The van der Waals surface area contributed by atoms with Gasteiger partial charge in [-0.15, -0.1) is 0 Å². The topological polar surface area (TPSA) is 49.4 Å². The molecule has 3 amide bonds. The fourth-order valence-corrected chi connectivity index (χ4v) is 2.58. The second kappa shape index (κ2) is 5.83. The van der Waals surface area contributed by atoms with E-state index in [-0.39, 0.29) is 5.70 Å². The van der Waals surface area contributed by atoms with E-state index < -0.39 is 11.9 Å². The molecule has 1 N–H and O–H groups in total. The highest BCUT2D eigenvalue weighted by molar-refractivity contribution is 6.36. The van der Waals surface area contributed by atoms with E-state index in [9.17, 15) is 9.59 Å². The smallest absolute Gasteiger partial charge is 0.302 e. The molecule has 1 fully saturated rings. The molecular formula is C16H10Cl2N2O2. The maximum absolute atomic E-state index is 12.4. The molecule has 0 aliphatic carbocycles. The number of amides is 3. The van der Waals surface area contributed by atoms with E-state index in [4.69, 9.17) is 23.2 Å². The number of urea groups is 1. The lowest BCUT2D eigenvalue weighted by atomic mass is 10.2. The predicted octanol–water partition coefficient (Wildman–Crippen LogP) is 4.09. The molecule has 110 valence electrons. The van der Waals surface area contributed by atoms with Crippen molar-refractivity contribution in [2.45, 2.75) is 0 Å². The third kappa shape index (κ3) is 2.71. The predicted molar refractivity (Wildman–Crippen MR) is 86.9 cm³/mol. The van der Waals surface area contributed by atoms with Crippen molar-refractivity contribution >= 4 is 46.9 Å². The fraction of sp³-hybridized carbons (Fsp3) is 0. The first kappa shape index (κ1) is 14.6. The minimum Gasteiger partial charge on any atom is -0.302 e. The van der Waals surface area contributed by atoms with E-state index in [0.29, 0.717) is 21.3 Å². The first-order valence-corrected chi connectivity index (χ1v) is 7.19. The lowest BCUT2D eigenvalue weighted by molar-refractivity contribution is -0.113. The Hall–Kier alpha value is -2.30. The van der Waals surface area contributed by atoms with Crippen molar-refractivity contribution < 1.29 is 9.59 Å². The van der Waals surface area contributed by atoms with Gasteiger partial charge in [-0.3, -0.25) is 4.79 Å². The summed E-state index contributed by atoms with van der Waals surface area (Å²) in [5.74, 6) is -0.429. The molecule has 1 heterocycles. The summed E-state index contributed by atoms with van der Waals surface area (Å²) < 4.78 is 0. The van der Waals surface area contributed by atoms with Crippen LogP contribution in [0.3, 0.4) is 0 Å². The zero-order chi connectivity index (χ0) is 15.7. The molecule has 1 aliphatic rings. The number of hydrogen-bond acceptors (Lipinski definition) is 2. The summed E-state index contributed by atoms with van der Waals surface area (Å²) in [4.78, 5) is 25.5. The highest BCUT2D eigenvalue weighted by atomic mass is 35.5. The summed E-state index contributed by atoms with van der Waals surface area (Å²) in [6.07, 6.45) is 1.53. The van der Waals surface area contributed by atoms with Crippen molar-refractivity contribution in [2.75, 3.05) is 4.90 Å². The Bertz CT molecular complexity index is 788. The molecular weight excluding hydrogens is 323 g/mol. The molecule has 0 spiro atoms. The standard InChI is InChI=1S/C16H10Cl2N2O2/c17-11-7-6-10(13(18)9-11)8-14-15(21)20(16(22)19-14)12-4-2-1-3-5-12/h1-9H,(H,19,22)/b14-8+. The lowest BCUT2D eigenvalue weighted by Gasteiger charge is -2.10. The SMILES string of the molecule is O=C1N/C(=C/c2ccc(Cl)cc2Cl)C(=O)N1c1ccccc1. The Morgan fingerprint density at radius 3 is 2.41 bits per heavy atom. The van der Waals surface area contributed by atoms with Crippen molar-refractivity contribution in [1.29, 1.82) is 0 Å². The summed E-state index contributed by atoms with van der Waals surface area (Å²) in [6.45, 7) is 0. The third-order valence-corrected chi connectivity index (χ3v) is 3.72. The van der Waals surface area contributed by atoms with Crippen LogP contribution >= 0.6 is 23.2 Å². The minimum atomic E-state index is -0.493. The number of anilines is 1. The minimum absolute atomic E-state index is 0.165. The first-order valence-electron chi connectivity index (χ1n) is 6.43. The fourth-order valence-electron chi connectivity index (χ4n) is 2.12. The number of imide groups is 1. The second-order valence-electron chi connectivity index (χ2n) is 4.63. The van der Waals surface area contributed by atoms with Crippen LogP contribution in [0, 0.1) is 0 Å². The van der Waals surface area contributed by atoms with Gasteiger partial charge < -0.3 is 5.32 Å². The Balaban J connectivity index is 1.96. The molecule has 0 aromatic heterocycles. The molecule has 3 rings (SSSR count). The summed E-state index contributed by atoms with van der Waals surface area (Å²) in [5, 5.41) is 3.45. The number of hydrogen-bond donors (Lipinski definition) is 1. The van der Waals surface area contributed by atoms with Gasteiger partial charge in [0, 0.05) is 10.0 Å². The molecule has 6 heteroatoms. The first-order chi connectivity index (χ1) is 10.6. The number of halogens is 2. The van der Waals surface area contributed by atoms with Crippen LogP contribution in [0.4, 0.5) is 10.5 Å². The molecule has 2 aromatic carbocycles. The quantitative estimate of drug-likeness (QED) is 0.665. The molecule has 0 unspecified atom stereocenters. The molecule has 0 atom stereocenters. The highest BCUT2D eigenvalue weighted by Crippen LogP contribution is 2.26. The van der Waals surface area contributed by atoms with Gasteiger partial charge in [-0.2, -0.15) is 0 Å². The van der Waals surface area contributed by atoms with Gasteiger partial charge in [-0.05, 0) is 35.9 Å². The van der Waals surface area contributed by atoms with Gasteiger partial charge in [0.05, 0.1) is 5.69 Å². The van der Waals surface area contributed by atoms with Crippen molar-refractivity contribution in [3.05, 3.63) is 69.8 Å². The number of benzene rings is 2. The van der Waals surface area contributed by atoms with Crippen LogP contribution in [0.1, 0.15) is 5.56 Å². The van der Waals surface area contributed by atoms with Crippen molar-refractivity contribution in [2.24, 2.45) is 0 Å². The van der Waals surface area contributed by atoms with Crippen molar-refractivity contribution in [1.82, 2.24) is 5.32 Å². The number of para-hydroxylation sites is 1. The Morgan fingerprint density at radius 1 is 1.00 bits per heavy atom. The molecule has 4 nitrogen and oxygen atoms in total. The van der Waals surface area contributed by atoms with E-state index in [1.807, 2.05) is 6.07 Å². The molecule has 0 saturated carbocycles. The van der Waals surface area contributed by atoms with Gasteiger partial charge in [-0.25, -0.2) is 9.69 Å². The Kier molecular flexibility index (Phi) is 3.88. The third-order valence-electron chi connectivity index (χ3n) is 3.15. The number of nitrogens with one attached hydrogen (secondary N) is 1. The molecule has 0 radical (unpaired) electrons. The summed E-state index contributed by atoms with van der Waals surface area (Å²) >= 11 is 11.9. The molecule has 0 bridgehead atoms. The van der Waals surface area contributed by atoms with Gasteiger partial charge in [0.15, 0.2) is 0 Å². The number of rotatable bonds is 2. The van der Waals surface area contributed by atoms with Crippen molar-refractivity contribution in [3.8, 4) is 0 Å². The monoisotopic (exact) mass is 332 g/mol. The molecule has 22 heavy (non-hydrogen) atoms. The van der Waals surface area contributed by atoms with Gasteiger partial charge in [0.25, 0.3) is 5.91 Å². The number of carbonyl (C=O) groups is 2. The zero-order valence-corrected chi connectivity index (χ0v) is 12.7. The van der Waals surface area contributed by atoms with Crippen molar-refractivity contribution in [3.63, 3.8) is 0 Å². The Morgan fingerprint density at radius 2 is 1.73 bits per heavy atom. The number of nitrogens with zero attached hydrogens (tertiary/aromatic N) is 1. The largest absolute Gasteiger partial charge is 0.333 e. The van der Waals surface area contributed by atoms with E-state index >= 15 is 0 Å². The van der Waals surface area contributed by atoms with Gasteiger partial charge in [-0.1, -0.05) is 47.5 Å². The zero-order valence-electron chi connectivity index (χ0n) is 11.2. The normalized spacial score (nSPS) is 16.3. The lowest BCUT2D eigenvalue weighted by Crippen LogP contribution is -2.30.